The van der Waals surface area contributed by atoms with Crippen LogP contribution < -0.4 is 0 Å². The molecule has 4 heteroatoms. The smallest absolute Gasteiger partial charge is 0.160 e. The van der Waals surface area contributed by atoms with Crippen LogP contribution in [0.2, 0.25) is 0 Å². The lowest BCUT2D eigenvalue weighted by molar-refractivity contribution is 1.18. The predicted octanol–water partition coefficient (Wildman–Crippen LogP) is 10.6. The number of fused-ring (bicyclic) bond motifs is 3. The van der Waals surface area contributed by atoms with Crippen LogP contribution in [0, 0.1) is 0 Å². The minimum absolute atomic E-state index is 0.690. The van der Waals surface area contributed by atoms with Gasteiger partial charge in [0.05, 0.1) is 11.4 Å². The van der Waals surface area contributed by atoms with Crippen LogP contribution in [0.25, 0.3) is 76.3 Å². The molecule has 0 aliphatic heterocycles. The van der Waals surface area contributed by atoms with Crippen LogP contribution >= 0.6 is 11.3 Å². The van der Waals surface area contributed by atoms with Gasteiger partial charge in [0, 0.05) is 49.3 Å². The normalized spacial score (nSPS) is 11.3. The number of pyridine rings is 1. The van der Waals surface area contributed by atoms with E-state index in [2.05, 4.69) is 114 Å². The molecule has 0 aliphatic rings. The van der Waals surface area contributed by atoms with Crippen LogP contribution in [-0.4, -0.2) is 15.0 Å². The molecule has 202 valence electrons. The summed E-state index contributed by atoms with van der Waals surface area (Å²) in [4.78, 5) is 14.4. The van der Waals surface area contributed by atoms with Gasteiger partial charge in [-0.25, -0.2) is 9.97 Å². The molecule has 5 aromatic carbocycles. The minimum atomic E-state index is 0.690. The zero-order valence-electron chi connectivity index (χ0n) is 23.2. The highest BCUT2D eigenvalue weighted by atomic mass is 32.1. The van der Waals surface area contributed by atoms with Gasteiger partial charge in [0.15, 0.2) is 5.82 Å². The van der Waals surface area contributed by atoms with Gasteiger partial charge in [0.1, 0.15) is 0 Å². The van der Waals surface area contributed by atoms with E-state index in [9.17, 15) is 0 Å². The standard InChI is InChI=1S/C39H25N3S/c1-3-10-26(11-4-1)30-20-31(28-17-18-38-34(23-28)33-15-7-8-16-37(33)43-38)22-32(21-30)36-24-35(29-14-9-19-40-25-29)41-39(42-36)27-12-5-2-6-13-27/h1-25H. The van der Waals surface area contributed by atoms with E-state index in [1.165, 1.54) is 25.7 Å². The van der Waals surface area contributed by atoms with Gasteiger partial charge in [0.25, 0.3) is 0 Å². The molecule has 3 nitrogen and oxygen atoms in total. The fourth-order valence-electron chi connectivity index (χ4n) is 5.62. The Balaban J connectivity index is 1.35. The highest BCUT2D eigenvalue weighted by Crippen LogP contribution is 2.39. The summed E-state index contributed by atoms with van der Waals surface area (Å²) in [5.41, 5.74) is 9.32. The van der Waals surface area contributed by atoms with Crippen molar-refractivity contribution in [2.75, 3.05) is 0 Å². The van der Waals surface area contributed by atoms with Gasteiger partial charge in [-0.05, 0) is 76.9 Å². The molecule has 0 spiro atoms. The third-order valence-electron chi connectivity index (χ3n) is 7.76. The summed E-state index contributed by atoms with van der Waals surface area (Å²) in [7, 11) is 0. The zero-order valence-corrected chi connectivity index (χ0v) is 24.0. The molecule has 43 heavy (non-hydrogen) atoms. The first-order chi connectivity index (χ1) is 21.3. The molecule has 0 saturated heterocycles. The topological polar surface area (TPSA) is 38.7 Å². The zero-order chi connectivity index (χ0) is 28.6. The second-order valence-corrected chi connectivity index (χ2v) is 11.6. The second-order valence-electron chi connectivity index (χ2n) is 10.5. The SMILES string of the molecule is c1ccc(-c2cc(-c3ccc4sc5ccccc5c4c3)cc(-c3cc(-c4cccnc4)nc(-c4ccccc4)n3)c2)cc1. The van der Waals surface area contributed by atoms with Crippen LogP contribution in [0.5, 0.6) is 0 Å². The maximum Gasteiger partial charge on any atom is 0.160 e. The van der Waals surface area contributed by atoms with Crippen molar-refractivity contribution in [3.63, 3.8) is 0 Å². The molecule has 8 aromatic rings. The van der Waals surface area contributed by atoms with Crippen molar-refractivity contribution >= 4 is 31.5 Å². The molecule has 0 aliphatic carbocycles. The van der Waals surface area contributed by atoms with Crippen molar-refractivity contribution in [1.29, 1.82) is 0 Å². The number of aromatic nitrogens is 3. The first-order valence-electron chi connectivity index (χ1n) is 14.3. The minimum Gasteiger partial charge on any atom is -0.264 e. The average Bonchev–Trinajstić information content (AvgIpc) is 3.47. The molecule has 0 saturated carbocycles. The van der Waals surface area contributed by atoms with Crippen LogP contribution in [0.15, 0.2) is 152 Å². The third-order valence-corrected chi connectivity index (χ3v) is 8.91. The first-order valence-corrected chi connectivity index (χ1v) is 15.1. The van der Waals surface area contributed by atoms with Crippen molar-refractivity contribution in [1.82, 2.24) is 15.0 Å². The Hall–Kier alpha value is -5.45. The number of nitrogens with zero attached hydrogens (tertiary/aromatic N) is 3. The van der Waals surface area contributed by atoms with Crippen LogP contribution in [0.1, 0.15) is 0 Å². The summed E-state index contributed by atoms with van der Waals surface area (Å²) in [6.45, 7) is 0. The highest BCUT2D eigenvalue weighted by molar-refractivity contribution is 7.25. The molecule has 3 heterocycles. The molecular weight excluding hydrogens is 543 g/mol. The Morgan fingerprint density at radius 2 is 1.02 bits per heavy atom. The van der Waals surface area contributed by atoms with E-state index >= 15 is 0 Å². The van der Waals surface area contributed by atoms with Gasteiger partial charge in [-0.1, -0.05) is 84.9 Å². The largest absolute Gasteiger partial charge is 0.264 e. The van der Waals surface area contributed by atoms with Crippen molar-refractivity contribution in [3.05, 3.63) is 152 Å². The maximum absolute atomic E-state index is 5.12. The van der Waals surface area contributed by atoms with E-state index < -0.39 is 0 Å². The monoisotopic (exact) mass is 567 g/mol. The molecular formula is C39H25N3S. The molecule has 0 unspecified atom stereocenters. The maximum atomic E-state index is 5.12. The van der Waals surface area contributed by atoms with Crippen molar-refractivity contribution < 1.29 is 0 Å². The van der Waals surface area contributed by atoms with Gasteiger partial charge in [-0.3, -0.25) is 4.98 Å². The average molecular weight is 568 g/mol. The summed E-state index contributed by atoms with van der Waals surface area (Å²) < 4.78 is 2.61. The Kier molecular flexibility index (Phi) is 6.32. The Labute approximate surface area is 253 Å². The van der Waals surface area contributed by atoms with Gasteiger partial charge in [0.2, 0.25) is 0 Å². The van der Waals surface area contributed by atoms with Gasteiger partial charge >= 0.3 is 0 Å². The second kappa shape index (κ2) is 10.8. The number of rotatable bonds is 5. The van der Waals surface area contributed by atoms with Gasteiger partial charge < -0.3 is 0 Å². The Morgan fingerprint density at radius 3 is 1.79 bits per heavy atom. The molecule has 0 radical (unpaired) electrons. The van der Waals surface area contributed by atoms with E-state index in [1.807, 2.05) is 47.9 Å². The van der Waals surface area contributed by atoms with Crippen LogP contribution in [-0.2, 0) is 0 Å². The van der Waals surface area contributed by atoms with E-state index in [-0.39, 0.29) is 0 Å². The summed E-state index contributed by atoms with van der Waals surface area (Å²) in [6, 6.07) is 49.0. The summed E-state index contributed by atoms with van der Waals surface area (Å²) in [6.07, 6.45) is 3.64. The predicted molar refractivity (Wildman–Crippen MR) is 180 cm³/mol. The van der Waals surface area contributed by atoms with Gasteiger partial charge in [-0.15, -0.1) is 11.3 Å². The molecule has 0 N–H and O–H groups in total. The number of hydrogen-bond acceptors (Lipinski definition) is 4. The fraction of sp³-hybridized carbons (Fsp3) is 0. The fourth-order valence-corrected chi connectivity index (χ4v) is 6.71. The van der Waals surface area contributed by atoms with Crippen molar-refractivity contribution in [3.8, 4) is 56.2 Å². The molecule has 0 amide bonds. The van der Waals surface area contributed by atoms with E-state index in [0.717, 1.165) is 44.8 Å². The summed E-state index contributed by atoms with van der Waals surface area (Å²) >= 11 is 1.84. The van der Waals surface area contributed by atoms with Crippen LogP contribution in [0.3, 0.4) is 0 Å². The number of hydrogen-bond donors (Lipinski definition) is 0. The molecule has 3 aromatic heterocycles. The molecule has 0 fully saturated rings. The number of thiophene rings is 1. The van der Waals surface area contributed by atoms with Crippen molar-refractivity contribution in [2.24, 2.45) is 0 Å². The van der Waals surface area contributed by atoms with Gasteiger partial charge in [-0.2, -0.15) is 0 Å². The summed E-state index contributed by atoms with van der Waals surface area (Å²) in [5.74, 6) is 0.690. The lowest BCUT2D eigenvalue weighted by Crippen LogP contribution is -1.96. The first kappa shape index (κ1) is 25.3. The molecule has 0 atom stereocenters. The third kappa shape index (κ3) is 4.88. The molecule has 8 rings (SSSR count). The summed E-state index contributed by atoms with van der Waals surface area (Å²) in [5, 5.41) is 2.59. The van der Waals surface area contributed by atoms with E-state index in [1.54, 1.807) is 6.20 Å². The highest BCUT2D eigenvalue weighted by Gasteiger charge is 2.14. The Morgan fingerprint density at radius 1 is 0.395 bits per heavy atom. The van der Waals surface area contributed by atoms with E-state index in [0.29, 0.717) is 5.82 Å². The number of benzene rings is 5. The lowest BCUT2D eigenvalue weighted by atomic mass is 9.94. The molecule has 0 bridgehead atoms. The Bertz CT molecular complexity index is 2170. The lowest BCUT2D eigenvalue weighted by Gasteiger charge is -2.13. The van der Waals surface area contributed by atoms with E-state index in [4.69, 9.17) is 9.97 Å². The quantitative estimate of drug-likeness (QED) is 0.208. The van der Waals surface area contributed by atoms with Crippen LogP contribution in [0.4, 0.5) is 0 Å². The van der Waals surface area contributed by atoms with Crippen molar-refractivity contribution in [2.45, 2.75) is 0 Å².